The second-order valence-corrected chi connectivity index (χ2v) is 5.15. The molecule has 3 heteroatoms. The molecule has 0 saturated heterocycles. The number of hydrogen-bond acceptors (Lipinski definition) is 3. The van der Waals surface area contributed by atoms with Crippen LogP contribution in [0, 0.1) is 0 Å². The first-order chi connectivity index (χ1) is 9.22. The molecule has 0 aromatic carbocycles. The molecule has 1 unspecified atom stereocenters. The van der Waals surface area contributed by atoms with Crippen LogP contribution in [0.1, 0.15) is 58.1 Å². The lowest BCUT2D eigenvalue weighted by atomic mass is 10.1. The molecule has 1 rings (SSSR count). The topological polar surface area (TPSA) is 28.2 Å². The highest BCUT2D eigenvalue weighted by Crippen LogP contribution is 2.17. The molecule has 0 aliphatic heterocycles. The molecule has 108 valence electrons. The first-order valence-corrected chi connectivity index (χ1v) is 7.61. The molecule has 0 bridgehead atoms. The fourth-order valence-corrected chi connectivity index (χ4v) is 2.05. The van der Waals surface area contributed by atoms with Gasteiger partial charge in [-0.3, -0.25) is 0 Å². The smallest absolute Gasteiger partial charge is 0.128 e. The lowest BCUT2D eigenvalue weighted by Crippen LogP contribution is -2.26. The SMILES string of the molecule is CCCCN(CCCC)c1ccc(C(C)NC)cn1. The summed E-state index contributed by atoms with van der Waals surface area (Å²) >= 11 is 0. The summed E-state index contributed by atoms with van der Waals surface area (Å²) < 4.78 is 0. The van der Waals surface area contributed by atoms with E-state index in [4.69, 9.17) is 0 Å². The van der Waals surface area contributed by atoms with Gasteiger partial charge in [0.25, 0.3) is 0 Å². The number of rotatable bonds is 9. The zero-order valence-electron chi connectivity index (χ0n) is 12.9. The average Bonchev–Trinajstić information content (AvgIpc) is 2.47. The van der Waals surface area contributed by atoms with E-state index in [1.807, 2.05) is 13.2 Å². The fraction of sp³-hybridized carbons (Fsp3) is 0.688. The number of nitrogens with zero attached hydrogens (tertiary/aromatic N) is 2. The summed E-state index contributed by atoms with van der Waals surface area (Å²) in [6.07, 6.45) is 6.94. The molecular formula is C16H29N3. The zero-order chi connectivity index (χ0) is 14.1. The molecule has 0 spiro atoms. The van der Waals surface area contributed by atoms with Crippen LogP contribution < -0.4 is 10.2 Å². The van der Waals surface area contributed by atoms with E-state index in [0.717, 1.165) is 18.9 Å². The molecule has 1 aromatic rings. The standard InChI is InChI=1S/C16H29N3/c1-5-7-11-19(12-8-6-2)16-10-9-15(13-18-16)14(3)17-4/h9-10,13-14,17H,5-8,11-12H2,1-4H3. The van der Waals surface area contributed by atoms with Gasteiger partial charge in [0.1, 0.15) is 5.82 Å². The monoisotopic (exact) mass is 263 g/mol. The van der Waals surface area contributed by atoms with Gasteiger partial charge in [-0.25, -0.2) is 4.98 Å². The minimum absolute atomic E-state index is 0.362. The summed E-state index contributed by atoms with van der Waals surface area (Å²) in [5.74, 6) is 1.12. The number of hydrogen-bond donors (Lipinski definition) is 1. The van der Waals surface area contributed by atoms with E-state index in [2.05, 4.69) is 48.1 Å². The van der Waals surface area contributed by atoms with E-state index in [1.54, 1.807) is 0 Å². The van der Waals surface area contributed by atoms with Crippen molar-refractivity contribution in [1.82, 2.24) is 10.3 Å². The van der Waals surface area contributed by atoms with Crippen LogP contribution in [0.15, 0.2) is 18.3 Å². The van der Waals surface area contributed by atoms with Crippen molar-refractivity contribution in [3.63, 3.8) is 0 Å². The quantitative estimate of drug-likeness (QED) is 0.735. The normalized spacial score (nSPS) is 12.4. The van der Waals surface area contributed by atoms with Crippen molar-refractivity contribution in [2.45, 2.75) is 52.5 Å². The highest BCUT2D eigenvalue weighted by atomic mass is 15.2. The van der Waals surface area contributed by atoms with Gasteiger partial charge in [-0.15, -0.1) is 0 Å². The number of nitrogens with one attached hydrogen (secondary N) is 1. The van der Waals surface area contributed by atoms with Crippen LogP contribution in [0.2, 0.25) is 0 Å². The first-order valence-electron chi connectivity index (χ1n) is 7.61. The second kappa shape index (κ2) is 8.92. The van der Waals surface area contributed by atoms with E-state index in [9.17, 15) is 0 Å². The Hall–Kier alpha value is -1.09. The Bertz CT molecular complexity index is 326. The van der Waals surface area contributed by atoms with E-state index in [1.165, 1.54) is 31.2 Å². The summed E-state index contributed by atoms with van der Waals surface area (Å²) in [5.41, 5.74) is 1.25. The van der Waals surface area contributed by atoms with Crippen molar-refractivity contribution < 1.29 is 0 Å². The molecule has 1 heterocycles. The first kappa shape index (κ1) is 16.0. The number of pyridine rings is 1. The second-order valence-electron chi connectivity index (χ2n) is 5.15. The molecular weight excluding hydrogens is 234 g/mol. The summed E-state index contributed by atoms with van der Waals surface area (Å²) in [7, 11) is 1.98. The van der Waals surface area contributed by atoms with Crippen LogP contribution in [-0.4, -0.2) is 25.1 Å². The highest BCUT2D eigenvalue weighted by molar-refractivity contribution is 5.39. The largest absolute Gasteiger partial charge is 0.357 e. The third-order valence-corrected chi connectivity index (χ3v) is 3.59. The van der Waals surface area contributed by atoms with Gasteiger partial charge >= 0.3 is 0 Å². The minimum atomic E-state index is 0.362. The van der Waals surface area contributed by atoms with Crippen LogP contribution in [0.3, 0.4) is 0 Å². The summed E-state index contributed by atoms with van der Waals surface area (Å²) in [6, 6.07) is 4.71. The third kappa shape index (κ3) is 5.19. The molecule has 0 aliphatic carbocycles. The van der Waals surface area contributed by atoms with Crippen LogP contribution in [-0.2, 0) is 0 Å². The van der Waals surface area contributed by atoms with Gasteiger partial charge in [-0.05, 0) is 38.4 Å². The van der Waals surface area contributed by atoms with Gasteiger partial charge in [-0.1, -0.05) is 32.8 Å². The predicted octanol–water partition coefficient (Wildman–Crippen LogP) is 3.77. The van der Waals surface area contributed by atoms with Crippen molar-refractivity contribution in [1.29, 1.82) is 0 Å². The molecule has 0 saturated carbocycles. The Kier molecular flexibility index (Phi) is 7.49. The summed E-state index contributed by atoms with van der Waals surface area (Å²) in [6.45, 7) is 8.86. The van der Waals surface area contributed by atoms with Gasteiger partial charge in [-0.2, -0.15) is 0 Å². The minimum Gasteiger partial charge on any atom is -0.357 e. The maximum atomic E-state index is 4.64. The molecule has 0 aliphatic rings. The Morgan fingerprint density at radius 2 is 1.79 bits per heavy atom. The van der Waals surface area contributed by atoms with Crippen LogP contribution in [0.5, 0.6) is 0 Å². The Morgan fingerprint density at radius 3 is 2.21 bits per heavy atom. The molecule has 1 N–H and O–H groups in total. The number of anilines is 1. The van der Waals surface area contributed by atoms with E-state index < -0.39 is 0 Å². The Morgan fingerprint density at radius 1 is 1.16 bits per heavy atom. The van der Waals surface area contributed by atoms with Crippen LogP contribution >= 0.6 is 0 Å². The average molecular weight is 263 g/mol. The van der Waals surface area contributed by atoms with Crippen LogP contribution in [0.4, 0.5) is 5.82 Å². The van der Waals surface area contributed by atoms with Crippen molar-refractivity contribution in [2.75, 3.05) is 25.0 Å². The zero-order valence-corrected chi connectivity index (χ0v) is 12.9. The maximum absolute atomic E-state index is 4.64. The molecule has 1 aromatic heterocycles. The van der Waals surface area contributed by atoms with Crippen molar-refractivity contribution in [2.24, 2.45) is 0 Å². The lowest BCUT2D eigenvalue weighted by molar-refractivity contribution is 0.646. The fourth-order valence-electron chi connectivity index (χ4n) is 2.05. The third-order valence-electron chi connectivity index (χ3n) is 3.59. The van der Waals surface area contributed by atoms with Gasteiger partial charge in [0.05, 0.1) is 0 Å². The molecule has 0 fully saturated rings. The van der Waals surface area contributed by atoms with Gasteiger partial charge in [0.15, 0.2) is 0 Å². The number of aromatic nitrogens is 1. The van der Waals surface area contributed by atoms with Gasteiger partial charge in [0, 0.05) is 25.3 Å². The van der Waals surface area contributed by atoms with Crippen LogP contribution in [0.25, 0.3) is 0 Å². The highest BCUT2D eigenvalue weighted by Gasteiger charge is 2.08. The molecule has 3 nitrogen and oxygen atoms in total. The number of unbranched alkanes of at least 4 members (excludes halogenated alkanes) is 2. The van der Waals surface area contributed by atoms with E-state index in [-0.39, 0.29) is 0 Å². The maximum Gasteiger partial charge on any atom is 0.128 e. The molecule has 0 radical (unpaired) electrons. The Labute approximate surface area is 118 Å². The molecule has 19 heavy (non-hydrogen) atoms. The Balaban J connectivity index is 2.71. The lowest BCUT2D eigenvalue weighted by Gasteiger charge is -2.24. The van der Waals surface area contributed by atoms with Crippen molar-refractivity contribution in [3.05, 3.63) is 23.9 Å². The van der Waals surface area contributed by atoms with Crippen molar-refractivity contribution >= 4 is 5.82 Å². The van der Waals surface area contributed by atoms with Crippen molar-refractivity contribution in [3.8, 4) is 0 Å². The molecule has 0 amide bonds. The predicted molar refractivity (Wildman–Crippen MR) is 83.7 cm³/mol. The molecule has 1 atom stereocenters. The van der Waals surface area contributed by atoms with Gasteiger partial charge in [0.2, 0.25) is 0 Å². The summed E-state index contributed by atoms with van der Waals surface area (Å²) in [5, 5.41) is 3.24. The van der Waals surface area contributed by atoms with E-state index >= 15 is 0 Å². The summed E-state index contributed by atoms with van der Waals surface area (Å²) in [4.78, 5) is 7.06. The van der Waals surface area contributed by atoms with E-state index in [0.29, 0.717) is 6.04 Å². The van der Waals surface area contributed by atoms with Gasteiger partial charge < -0.3 is 10.2 Å².